The maximum Gasteiger partial charge on any atom is 0.410 e. The SMILES string of the molecule is CC1CN(C(=O)OC(C)(C)C)C(C)CN1CC(N)=O. The van der Waals surface area contributed by atoms with Crippen LogP contribution in [0.15, 0.2) is 0 Å². The van der Waals surface area contributed by atoms with Crippen LogP contribution in [0.25, 0.3) is 0 Å². The molecule has 0 saturated carbocycles. The molecule has 0 radical (unpaired) electrons. The average Bonchev–Trinajstić information content (AvgIpc) is 2.19. The van der Waals surface area contributed by atoms with E-state index in [0.29, 0.717) is 13.1 Å². The van der Waals surface area contributed by atoms with E-state index in [9.17, 15) is 9.59 Å². The second-order valence-corrected chi connectivity index (χ2v) is 6.23. The van der Waals surface area contributed by atoms with Crippen LogP contribution in [0.5, 0.6) is 0 Å². The van der Waals surface area contributed by atoms with Crippen molar-refractivity contribution in [3.63, 3.8) is 0 Å². The van der Waals surface area contributed by atoms with E-state index in [1.165, 1.54) is 0 Å². The standard InChI is InChI=1S/C13H25N3O3/c1-9-7-16(12(18)19-13(3,4)5)10(2)6-15(9)8-11(14)17/h9-10H,6-8H2,1-5H3,(H2,14,17). The van der Waals surface area contributed by atoms with Crippen molar-refractivity contribution in [3.8, 4) is 0 Å². The summed E-state index contributed by atoms with van der Waals surface area (Å²) in [5, 5.41) is 0. The third-order valence-electron chi connectivity index (χ3n) is 3.10. The summed E-state index contributed by atoms with van der Waals surface area (Å²) in [6, 6.07) is 0.0987. The van der Waals surface area contributed by atoms with Crippen molar-refractivity contribution >= 4 is 12.0 Å². The number of nitrogens with two attached hydrogens (primary N) is 1. The number of primary amides is 1. The molecule has 110 valence electrons. The third kappa shape index (κ3) is 4.70. The number of carbonyl (C=O) groups is 2. The molecule has 2 unspecified atom stereocenters. The van der Waals surface area contributed by atoms with Gasteiger partial charge in [0.2, 0.25) is 5.91 Å². The van der Waals surface area contributed by atoms with Crippen LogP contribution in [-0.4, -0.2) is 59.1 Å². The fourth-order valence-electron chi connectivity index (χ4n) is 2.19. The van der Waals surface area contributed by atoms with E-state index >= 15 is 0 Å². The summed E-state index contributed by atoms with van der Waals surface area (Å²) in [6.45, 7) is 10.9. The Morgan fingerprint density at radius 2 is 1.79 bits per heavy atom. The number of hydrogen-bond acceptors (Lipinski definition) is 4. The molecular weight excluding hydrogens is 246 g/mol. The fourth-order valence-corrected chi connectivity index (χ4v) is 2.19. The number of ether oxygens (including phenoxy) is 1. The first-order chi connectivity index (χ1) is 8.60. The van der Waals surface area contributed by atoms with E-state index in [2.05, 4.69) is 0 Å². The smallest absolute Gasteiger partial charge is 0.410 e. The molecule has 1 heterocycles. The summed E-state index contributed by atoms with van der Waals surface area (Å²) in [4.78, 5) is 26.8. The topological polar surface area (TPSA) is 75.9 Å². The Kier molecular flexibility index (Phi) is 4.79. The molecule has 1 saturated heterocycles. The van der Waals surface area contributed by atoms with Crippen molar-refractivity contribution in [2.75, 3.05) is 19.6 Å². The van der Waals surface area contributed by atoms with Crippen molar-refractivity contribution in [3.05, 3.63) is 0 Å². The molecule has 2 atom stereocenters. The summed E-state index contributed by atoms with van der Waals surface area (Å²) in [6.07, 6.45) is -0.300. The molecule has 0 aromatic heterocycles. The van der Waals surface area contributed by atoms with Gasteiger partial charge in [0.1, 0.15) is 5.60 Å². The number of amides is 2. The largest absolute Gasteiger partial charge is 0.444 e. The van der Waals surface area contributed by atoms with E-state index < -0.39 is 5.60 Å². The number of rotatable bonds is 2. The van der Waals surface area contributed by atoms with Gasteiger partial charge in [0.25, 0.3) is 0 Å². The number of nitrogens with zero attached hydrogens (tertiary/aromatic N) is 2. The lowest BCUT2D eigenvalue weighted by Crippen LogP contribution is -2.59. The van der Waals surface area contributed by atoms with Crippen LogP contribution in [0, 0.1) is 0 Å². The summed E-state index contributed by atoms with van der Waals surface area (Å²) in [5.74, 6) is -0.343. The molecule has 0 spiro atoms. The van der Waals surface area contributed by atoms with Crippen molar-refractivity contribution in [1.29, 1.82) is 0 Å². The maximum atomic E-state index is 12.1. The van der Waals surface area contributed by atoms with Crippen LogP contribution in [0.3, 0.4) is 0 Å². The molecule has 2 N–H and O–H groups in total. The lowest BCUT2D eigenvalue weighted by Gasteiger charge is -2.43. The highest BCUT2D eigenvalue weighted by molar-refractivity contribution is 5.76. The quantitative estimate of drug-likeness (QED) is 0.806. The van der Waals surface area contributed by atoms with E-state index in [4.69, 9.17) is 10.5 Å². The molecule has 0 aromatic carbocycles. The predicted molar refractivity (Wildman–Crippen MR) is 72.6 cm³/mol. The lowest BCUT2D eigenvalue weighted by molar-refractivity contribution is -0.120. The zero-order valence-electron chi connectivity index (χ0n) is 12.5. The van der Waals surface area contributed by atoms with Gasteiger partial charge in [0.05, 0.1) is 6.54 Å². The van der Waals surface area contributed by atoms with Gasteiger partial charge in [-0.1, -0.05) is 0 Å². The molecule has 0 aromatic rings. The number of carbonyl (C=O) groups excluding carboxylic acids is 2. The average molecular weight is 271 g/mol. The summed E-state index contributed by atoms with van der Waals surface area (Å²) in [7, 11) is 0. The van der Waals surface area contributed by atoms with Crippen molar-refractivity contribution < 1.29 is 14.3 Å². The van der Waals surface area contributed by atoms with Crippen LogP contribution < -0.4 is 5.73 Å². The van der Waals surface area contributed by atoms with Crippen LogP contribution in [-0.2, 0) is 9.53 Å². The molecule has 1 aliphatic heterocycles. The van der Waals surface area contributed by atoms with Crippen LogP contribution >= 0.6 is 0 Å². The Bertz CT molecular complexity index is 352. The molecular formula is C13H25N3O3. The Morgan fingerprint density at radius 1 is 1.21 bits per heavy atom. The van der Waals surface area contributed by atoms with Crippen molar-refractivity contribution in [1.82, 2.24) is 9.80 Å². The van der Waals surface area contributed by atoms with E-state index in [1.807, 2.05) is 39.5 Å². The van der Waals surface area contributed by atoms with E-state index in [0.717, 1.165) is 0 Å². The van der Waals surface area contributed by atoms with Gasteiger partial charge in [-0.2, -0.15) is 0 Å². The van der Waals surface area contributed by atoms with Gasteiger partial charge in [-0.05, 0) is 34.6 Å². The predicted octanol–water partition coefficient (Wildman–Crippen LogP) is 0.801. The zero-order valence-corrected chi connectivity index (χ0v) is 12.5. The third-order valence-corrected chi connectivity index (χ3v) is 3.10. The minimum atomic E-state index is -0.496. The van der Waals surface area contributed by atoms with Crippen LogP contribution in [0.2, 0.25) is 0 Å². The van der Waals surface area contributed by atoms with Crippen LogP contribution in [0.1, 0.15) is 34.6 Å². The second-order valence-electron chi connectivity index (χ2n) is 6.23. The molecule has 6 nitrogen and oxygen atoms in total. The summed E-state index contributed by atoms with van der Waals surface area (Å²) < 4.78 is 5.39. The molecule has 0 bridgehead atoms. The van der Waals surface area contributed by atoms with Gasteiger partial charge in [0.15, 0.2) is 0 Å². The van der Waals surface area contributed by atoms with Crippen molar-refractivity contribution in [2.24, 2.45) is 5.73 Å². The zero-order chi connectivity index (χ0) is 14.8. The van der Waals surface area contributed by atoms with E-state index in [-0.39, 0.29) is 30.6 Å². The normalized spacial score (nSPS) is 25.2. The molecule has 19 heavy (non-hydrogen) atoms. The first kappa shape index (κ1) is 15.8. The van der Waals surface area contributed by atoms with Gasteiger partial charge < -0.3 is 15.4 Å². The molecule has 2 amide bonds. The Labute approximate surface area is 114 Å². The Morgan fingerprint density at radius 3 is 2.26 bits per heavy atom. The first-order valence-corrected chi connectivity index (χ1v) is 6.62. The summed E-state index contributed by atoms with van der Waals surface area (Å²) >= 11 is 0. The highest BCUT2D eigenvalue weighted by atomic mass is 16.6. The molecule has 1 aliphatic rings. The maximum absolute atomic E-state index is 12.1. The van der Waals surface area contributed by atoms with E-state index in [1.54, 1.807) is 4.90 Å². The highest BCUT2D eigenvalue weighted by Gasteiger charge is 2.34. The molecule has 0 aliphatic carbocycles. The molecule has 6 heteroatoms. The first-order valence-electron chi connectivity index (χ1n) is 6.62. The fraction of sp³-hybridized carbons (Fsp3) is 0.846. The van der Waals surface area contributed by atoms with Gasteiger partial charge in [-0.25, -0.2) is 4.79 Å². The molecule has 1 rings (SSSR count). The summed E-state index contributed by atoms with van der Waals surface area (Å²) in [5.41, 5.74) is 4.73. The minimum Gasteiger partial charge on any atom is -0.444 e. The monoisotopic (exact) mass is 271 g/mol. The Balaban J connectivity index is 2.65. The van der Waals surface area contributed by atoms with Gasteiger partial charge in [-0.15, -0.1) is 0 Å². The minimum absolute atomic E-state index is 0.00500. The van der Waals surface area contributed by atoms with Crippen molar-refractivity contribution in [2.45, 2.75) is 52.3 Å². The van der Waals surface area contributed by atoms with Gasteiger partial charge in [0, 0.05) is 25.2 Å². The van der Waals surface area contributed by atoms with Crippen LogP contribution in [0.4, 0.5) is 4.79 Å². The molecule has 1 fully saturated rings. The highest BCUT2D eigenvalue weighted by Crippen LogP contribution is 2.18. The van der Waals surface area contributed by atoms with Gasteiger partial charge >= 0.3 is 6.09 Å². The Hall–Kier alpha value is -1.30. The lowest BCUT2D eigenvalue weighted by atomic mass is 10.1. The second kappa shape index (κ2) is 5.77. The van der Waals surface area contributed by atoms with Gasteiger partial charge in [-0.3, -0.25) is 9.69 Å². The number of hydrogen-bond donors (Lipinski definition) is 1. The number of piperazine rings is 1.